The molecule has 1 aromatic carbocycles. The molecule has 1 atom stereocenters. The highest BCUT2D eigenvalue weighted by Gasteiger charge is 2.14. The van der Waals surface area contributed by atoms with Gasteiger partial charge in [0.25, 0.3) is 5.91 Å². The van der Waals surface area contributed by atoms with Crippen LogP contribution in [0.15, 0.2) is 24.3 Å². The maximum absolute atomic E-state index is 12.0. The molecular formula is C17H27N3O2. The Kier molecular flexibility index (Phi) is 6.56. The molecule has 122 valence electrons. The van der Waals surface area contributed by atoms with Crippen molar-refractivity contribution >= 4 is 11.8 Å². The number of benzene rings is 1. The number of hydrogen-bond acceptors (Lipinski definition) is 3. The van der Waals surface area contributed by atoms with Gasteiger partial charge in [-0.2, -0.15) is 0 Å². The Labute approximate surface area is 132 Å². The van der Waals surface area contributed by atoms with E-state index in [4.69, 9.17) is 5.73 Å². The number of rotatable bonds is 6. The average Bonchev–Trinajstić information content (AvgIpc) is 2.46. The fourth-order valence-corrected chi connectivity index (χ4v) is 1.92. The lowest BCUT2D eigenvalue weighted by atomic mass is 9.87. The molecule has 2 amide bonds. The molecule has 0 aromatic heterocycles. The van der Waals surface area contributed by atoms with Crippen molar-refractivity contribution in [3.05, 3.63) is 35.4 Å². The van der Waals surface area contributed by atoms with Crippen LogP contribution in [-0.2, 0) is 10.2 Å². The molecule has 0 bridgehead atoms. The van der Waals surface area contributed by atoms with Crippen LogP contribution in [0.4, 0.5) is 0 Å². The monoisotopic (exact) mass is 305 g/mol. The highest BCUT2D eigenvalue weighted by molar-refractivity contribution is 5.94. The highest BCUT2D eigenvalue weighted by atomic mass is 16.2. The van der Waals surface area contributed by atoms with E-state index < -0.39 is 0 Å². The summed E-state index contributed by atoms with van der Waals surface area (Å²) >= 11 is 0. The molecule has 5 nitrogen and oxygen atoms in total. The van der Waals surface area contributed by atoms with Crippen LogP contribution in [-0.4, -0.2) is 30.9 Å². The van der Waals surface area contributed by atoms with Crippen LogP contribution in [0.2, 0.25) is 0 Å². The fourth-order valence-electron chi connectivity index (χ4n) is 1.92. The molecule has 1 aromatic rings. The van der Waals surface area contributed by atoms with Crippen molar-refractivity contribution in [2.45, 2.75) is 45.6 Å². The third kappa shape index (κ3) is 5.85. The molecule has 0 saturated carbocycles. The Balaban J connectivity index is 2.44. The molecule has 0 fully saturated rings. The van der Waals surface area contributed by atoms with E-state index in [1.54, 1.807) is 0 Å². The first-order chi connectivity index (χ1) is 10.2. The molecular weight excluding hydrogens is 278 g/mol. The van der Waals surface area contributed by atoms with E-state index in [0.717, 1.165) is 0 Å². The number of carbonyl (C=O) groups excluding carboxylic acids is 2. The molecule has 0 saturated heterocycles. The topological polar surface area (TPSA) is 84.2 Å². The van der Waals surface area contributed by atoms with Gasteiger partial charge in [-0.25, -0.2) is 0 Å². The van der Waals surface area contributed by atoms with Crippen LogP contribution in [0.3, 0.4) is 0 Å². The molecule has 0 unspecified atom stereocenters. The van der Waals surface area contributed by atoms with Crippen LogP contribution in [0.1, 0.15) is 50.0 Å². The molecule has 0 radical (unpaired) electrons. The zero-order valence-electron chi connectivity index (χ0n) is 13.9. The molecule has 1 rings (SSSR count). The summed E-state index contributed by atoms with van der Waals surface area (Å²) in [5.41, 5.74) is 7.27. The third-order valence-corrected chi connectivity index (χ3v) is 3.41. The number of carbonyl (C=O) groups is 2. The van der Waals surface area contributed by atoms with E-state index in [9.17, 15) is 9.59 Å². The summed E-state index contributed by atoms with van der Waals surface area (Å²) in [4.78, 5) is 23.6. The molecule has 0 spiro atoms. The van der Waals surface area contributed by atoms with Crippen LogP contribution >= 0.6 is 0 Å². The molecule has 0 aliphatic rings. The highest BCUT2D eigenvalue weighted by Crippen LogP contribution is 2.22. The number of hydrogen-bond donors (Lipinski definition) is 3. The fraction of sp³-hybridized carbons (Fsp3) is 0.529. The Bertz CT molecular complexity index is 504. The minimum atomic E-state index is -0.167. The van der Waals surface area contributed by atoms with Crippen LogP contribution in [0, 0.1) is 0 Å². The zero-order valence-corrected chi connectivity index (χ0v) is 13.9. The van der Waals surface area contributed by atoms with Crippen molar-refractivity contribution in [1.82, 2.24) is 10.6 Å². The summed E-state index contributed by atoms with van der Waals surface area (Å²) in [5, 5.41) is 5.50. The SMILES string of the molecule is C[C@@H](CN)NC(=O)CCNC(=O)c1ccc(C(C)(C)C)cc1. The second-order valence-corrected chi connectivity index (χ2v) is 6.54. The summed E-state index contributed by atoms with van der Waals surface area (Å²) in [5.74, 6) is -0.276. The number of amides is 2. The van der Waals surface area contributed by atoms with Crippen LogP contribution in [0.5, 0.6) is 0 Å². The summed E-state index contributed by atoms with van der Waals surface area (Å²) < 4.78 is 0. The van der Waals surface area contributed by atoms with E-state index in [-0.39, 0.29) is 29.7 Å². The third-order valence-electron chi connectivity index (χ3n) is 3.41. The summed E-state index contributed by atoms with van der Waals surface area (Å²) in [6, 6.07) is 7.50. The maximum atomic E-state index is 12.0. The van der Waals surface area contributed by atoms with Gasteiger partial charge in [0.1, 0.15) is 0 Å². The largest absolute Gasteiger partial charge is 0.352 e. The minimum absolute atomic E-state index is 0.0480. The first-order valence-corrected chi connectivity index (χ1v) is 7.62. The van der Waals surface area contributed by atoms with Gasteiger partial charge in [-0.05, 0) is 30.0 Å². The van der Waals surface area contributed by atoms with Gasteiger partial charge < -0.3 is 16.4 Å². The predicted molar refractivity (Wildman–Crippen MR) is 88.8 cm³/mol. The Morgan fingerprint density at radius 3 is 2.27 bits per heavy atom. The van der Waals surface area contributed by atoms with Crippen molar-refractivity contribution in [3.8, 4) is 0 Å². The van der Waals surface area contributed by atoms with Gasteiger partial charge in [0.2, 0.25) is 5.91 Å². The van der Waals surface area contributed by atoms with Crippen molar-refractivity contribution in [2.24, 2.45) is 5.73 Å². The summed E-state index contributed by atoms with van der Waals surface area (Å²) in [6.07, 6.45) is 0.246. The lowest BCUT2D eigenvalue weighted by Crippen LogP contribution is -2.39. The average molecular weight is 305 g/mol. The second-order valence-electron chi connectivity index (χ2n) is 6.54. The zero-order chi connectivity index (χ0) is 16.8. The van der Waals surface area contributed by atoms with Crippen molar-refractivity contribution < 1.29 is 9.59 Å². The van der Waals surface area contributed by atoms with Gasteiger partial charge in [-0.1, -0.05) is 32.9 Å². The quantitative estimate of drug-likeness (QED) is 0.746. The van der Waals surface area contributed by atoms with Gasteiger partial charge in [-0.3, -0.25) is 9.59 Å². The summed E-state index contributed by atoms with van der Waals surface area (Å²) in [7, 11) is 0. The van der Waals surface area contributed by atoms with Gasteiger partial charge in [0.05, 0.1) is 0 Å². The summed E-state index contributed by atoms with van der Waals surface area (Å²) in [6.45, 7) is 8.93. The van der Waals surface area contributed by atoms with Crippen LogP contribution in [0.25, 0.3) is 0 Å². The van der Waals surface area contributed by atoms with Crippen molar-refractivity contribution in [3.63, 3.8) is 0 Å². The molecule has 22 heavy (non-hydrogen) atoms. The Hall–Kier alpha value is -1.88. The molecule has 4 N–H and O–H groups in total. The molecule has 0 aliphatic heterocycles. The van der Waals surface area contributed by atoms with E-state index in [1.807, 2.05) is 31.2 Å². The smallest absolute Gasteiger partial charge is 0.251 e. The molecule has 0 heterocycles. The Morgan fingerprint density at radius 1 is 1.18 bits per heavy atom. The van der Waals surface area contributed by atoms with Crippen LogP contribution < -0.4 is 16.4 Å². The van der Waals surface area contributed by atoms with Gasteiger partial charge >= 0.3 is 0 Å². The minimum Gasteiger partial charge on any atom is -0.352 e. The van der Waals surface area contributed by atoms with Gasteiger partial charge in [0.15, 0.2) is 0 Å². The van der Waals surface area contributed by atoms with Gasteiger partial charge in [0, 0.05) is 31.1 Å². The van der Waals surface area contributed by atoms with E-state index in [0.29, 0.717) is 18.7 Å². The van der Waals surface area contributed by atoms with Crippen molar-refractivity contribution in [1.29, 1.82) is 0 Å². The van der Waals surface area contributed by atoms with Gasteiger partial charge in [-0.15, -0.1) is 0 Å². The Morgan fingerprint density at radius 2 is 1.77 bits per heavy atom. The lowest BCUT2D eigenvalue weighted by Gasteiger charge is -2.19. The van der Waals surface area contributed by atoms with E-state index in [1.165, 1.54) is 5.56 Å². The standard InChI is InChI=1S/C17H27N3O2/c1-12(11-18)20-15(21)9-10-19-16(22)13-5-7-14(8-6-13)17(2,3)4/h5-8,12H,9-11,18H2,1-4H3,(H,19,22)(H,20,21)/t12-/m0/s1. The molecule has 5 heteroatoms. The van der Waals surface area contributed by atoms with Crippen molar-refractivity contribution in [2.75, 3.05) is 13.1 Å². The maximum Gasteiger partial charge on any atom is 0.251 e. The molecule has 0 aliphatic carbocycles. The van der Waals surface area contributed by atoms with E-state index >= 15 is 0 Å². The number of nitrogens with two attached hydrogens (primary N) is 1. The lowest BCUT2D eigenvalue weighted by molar-refractivity contribution is -0.121. The van der Waals surface area contributed by atoms with E-state index in [2.05, 4.69) is 31.4 Å². The predicted octanol–water partition coefficient (Wildman–Crippen LogP) is 1.57. The first kappa shape index (κ1) is 18.2. The second kappa shape index (κ2) is 7.94. The number of nitrogens with one attached hydrogen (secondary N) is 2. The normalized spacial score (nSPS) is 12.6. The first-order valence-electron chi connectivity index (χ1n) is 7.62.